The quantitative estimate of drug-likeness (QED) is 0.143. The Morgan fingerprint density at radius 3 is 1.11 bits per heavy atom. The minimum atomic E-state index is 0.143. The average molecular weight is 938 g/mol. The molecule has 0 saturated heterocycles. The average Bonchev–Trinajstić information content (AvgIpc) is 3.42. The molecule has 2 heterocycles. The number of hydrogen-bond donors (Lipinski definition) is 0. The first-order valence-electron chi connectivity index (χ1n) is 22.9. The van der Waals surface area contributed by atoms with E-state index in [1.165, 1.54) is 11.1 Å². The molecule has 0 spiro atoms. The van der Waals surface area contributed by atoms with E-state index in [-0.39, 0.29) is 10.6 Å². The molecule has 8 heteroatoms. The highest BCUT2D eigenvalue weighted by Crippen LogP contribution is 2.36. The third-order valence-electron chi connectivity index (χ3n) is 12.6. The van der Waals surface area contributed by atoms with Crippen LogP contribution < -0.4 is 0 Å². The molecule has 0 aliphatic carbocycles. The van der Waals surface area contributed by atoms with Gasteiger partial charge in [0.1, 0.15) is 0 Å². The van der Waals surface area contributed by atoms with Gasteiger partial charge in [-0.2, -0.15) is 19.9 Å². The maximum absolute atomic E-state index is 6.55. The van der Waals surface area contributed by atoms with Gasteiger partial charge >= 0.3 is 0 Å². The largest absolute Gasteiger partial charge is 0.226 e. The van der Waals surface area contributed by atoms with E-state index in [4.69, 9.17) is 33.2 Å². The molecule has 0 bridgehead atoms. The minimum absolute atomic E-state index is 0.143. The van der Waals surface area contributed by atoms with Crippen molar-refractivity contribution in [1.29, 1.82) is 0 Å². The normalized spacial score (nSPS) is 11.3. The van der Waals surface area contributed by atoms with Crippen molar-refractivity contribution < 1.29 is 0 Å². The lowest BCUT2D eigenvalue weighted by molar-refractivity contribution is 1.07. The molecule has 0 aliphatic rings. The Morgan fingerprint density at radius 2 is 0.557 bits per heavy atom. The van der Waals surface area contributed by atoms with E-state index in [1.807, 2.05) is 66.7 Å². The summed E-state index contributed by atoms with van der Waals surface area (Å²) in [7, 11) is 0. The topological polar surface area (TPSA) is 77.3 Å². The zero-order valence-corrected chi connectivity index (χ0v) is 38.9. The van der Waals surface area contributed by atoms with Gasteiger partial charge < -0.3 is 0 Å². The van der Waals surface area contributed by atoms with Crippen LogP contribution >= 0.6 is 23.2 Å². The number of benzene rings is 10. The maximum Gasteiger partial charge on any atom is 0.226 e. The highest BCUT2D eigenvalue weighted by atomic mass is 35.5. The van der Waals surface area contributed by atoms with Crippen molar-refractivity contribution in [2.75, 3.05) is 0 Å². The van der Waals surface area contributed by atoms with E-state index in [9.17, 15) is 0 Å². The number of hydrogen-bond acceptors (Lipinski definition) is 6. The van der Waals surface area contributed by atoms with Gasteiger partial charge in [0.2, 0.25) is 10.6 Å². The van der Waals surface area contributed by atoms with Crippen molar-refractivity contribution in [2.45, 2.75) is 0 Å². The molecule has 0 amide bonds. The molecule has 70 heavy (non-hydrogen) atoms. The molecule has 0 saturated carbocycles. The van der Waals surface area contributed by atoms with E-state index in [2.05, 4.69) is 184 Å². The number of halogens is 2. The fourth-order valence-electron chi connectivity index (χ4n) is 9.11. The molecular formula is C62H38Cl2N6. The molecule has 12 aromatic rings. The molecule has 0 fully saturated rings. The summed E-state index contributed by atoms with van der Waals surface area (Å²) in [5.74, 6) is 2.07. The van der Waals surface area contributed by atoms with Crippen LogP contribution in [-0.2, 0) is 0 Å². The first kappa shape index (κ1) is 42.7. The Labute approximate surface area is 414 Å². The Morgan fingerprint density at radius 1 is 0.214 bits per heavy atom. The van der Waals surface area contributed by atoms with Crippen LogP contribution in [0.25, 0.3) is 123 Å². The fourth-order valence-corrected chi connectivity index (χ4v) is 9.43. The number of nitrogens with zero attached hydrogens (tertiary/aromatic N) is 6. The van der Waals surface area contributed by atoms with Crippen LogP contribution in [0.2, 0.25) is 10.6 Å². The van der Waals surface area contributed by atoms with Gasteiger partial charge in [-0.1, -0.05) is 194 Å². The molecule has 0 radical (unpaired) electrons. The zero-order valence-electron chi connectivity index (χ0n) is 37.4. The molecule has 12 rings (SSSR count). The summed E-state index contributed by atoms with van der Waals surface area (Å²) in [6.07, 6.45) is 0. The van der Waals surface area contributed by atoms with Gasteiger partial charge in [-0.3, -0.25) is 0 Å². The lowest BCUT2D eigenvalue weighted by Crippen LogP contribution is -1.97. The van der Waals surface area contributed by atoms with E-state index in [0.29, 0.717) is 23.3 Å². The molecule has 2 aromatic heterocycles. The van der Waals surface area contributed by atoms with Crippen molar-refractivity contribution in [3.8, 4) is 101 Å². The van der Waals surface area contributed by atoms with Crippen LogP contribution in [0.5, 0.6) is 0 Å². The predicted octanol–water partition coefficient (Wildman–Crippen LogP) is 16.7. The third kappa shape index (κ3) is 8.70. The zero-order chi connectivity index (χ0) is 47.0. The second-order valence-electron chi connectivity index (χ2n) is 17.1. The van der Waals surface area contributed by atoms with E-state index >= 15 is 0 Å². The molecule has 0 aliphatic heterocycles. The Bertz CT molecular complexity index is 3920. The molecule has 330 valence electrons. The van der Waals surface area contributed by atoms with Crippen molar-refractivity contribution >= 4 is 44.7 Å². The molecule has 10 aromatic carbocycles. The summed E-state index contributed by atoms with van der Waals surface area (Å²) in [5, 5.41) is 4.82. The summed E-state index contributed by atoms with van der Waals surface area (Å²) < 4.78 is 0. The van der Waals surface area contributed by atoms with Gasteiger partial charge in [-0.05, 0) is 137 Å². The van der Waals surface area contributed by atoms with Crippen LogP contribution in [0, 0.1) is 0 Å². The molecular weight excluding hydrogens is 900 g/mol. The van der Waals surface area contributed by atoms with Gasteiger partial charge in [-0.25, -0.2) is 9.97 Å². The highest BCUT2D eigenvalue weighted by Gasteiger charge is 2.15. The van der Waals surface area contributed by atoms with E-state index < -0.39 is 0 Å². The van der Waals surface area contributed by atoms with Gasteiger partial charge in [0.05, 0.1) is 0 Å². The second-order valence-corrected chi connectivity index (χ2v) is 17.7. The van der Waals surface area contributed by atoms with Crippen LogP contribution in [0.3, 0.4) is 0 Å². The summed E-state index contributed by atoms with van der Waals surface area (Å²) >= 11 is 13.1. The van der Waals surface area contributed by atoms with Crippen LogP contribution in [-0.4, -0.2) is 29.9 Å². The number of rotatable bonds is 9. The van der Waals surface area contributed by atoms with Gasteiger partial charge in [-0.15, -0.1) is 0 Å². The molecule has 0 unspecified atom stereocenters. The number of aromatic nitrogens is 6. The first-order valence-corrected chi connectivity index (χ1v) is 23.6. The predicted molar refractivity (Wildman–Crippen MR) is 287 cm³/mol. The molecule has 6 nitrogen and oxygen atoms in total. The van der Waals surface area contributed by atoms with E-state index in [0.717, 1.165) is 88.3 Å². The SMILES string of the molecule is Clc1nc(-c2cccc(-c3ccccc3)c2)nc(-c2cccc(-c3cccc(-c4ccc5c(-c6ccc(-c7nc(Cl)nc(-c8ccc9cc(-c%10ccccc%10)ccc9c8)n7)cc6)cccc5c4)c3)c2)n1. The smallest absolute Gasteiger partial charge is 0.208 e. The summed E-state index contributed by atoms with van der Waals surface area (Å²) in [4.78, 5) is 27.9. The van der Waals surface area contributed by atoms with Crippen molar-refractivity contribution in [2.24, 2.45) is 0 Å². The Balaban J connectivity index is 0.789. The molecule has 0 atom stereocenters. The van der Waals surface area contributed by atoms with Gasteiger partial charge in [0, 0.05) is 22.3 Å². The van der Waals surface area contributed by atoms with Gasteiger partial charge in [0.25, 0.3) is 0 Å². The van der Waals surface area contributed by atoms with Crippen molar-refractivity contribution in [3.05, 3.63) is 241 Å². The summed E-state index contributed by atoms with van der Waals surface area (Å²) in [5.41, 5.74) is 14.5. The lowest BCUT2D eigenvalue weighted by atomic mass is 9.93. The molecule has 0 N–H and O–H groups in total. The van der Waals surface area contributed by atoms with Crippen molar-refractivity contribution in [3.63, 3.8) is 0 Å². The fraction of sp³-hybridized carbons (Fsp3) is 0. The van der Waals surface area contributed by atoms with Crippen LogP contribution in [0.15, 0.2) is 231 Å². The summed E-state index contributed by atoms with van der Waals surface area (Å²) in [6, 6.07) is 79.8. The van der Waals surface area contributed by atoms with Crippen molar-refractivity contribution in [1.82, 2.24) is 29.9 Å². The second kappa shape index (κ2) is 18.4. The number of fused-ring (bicyclic) bond motifs is 2. The highest BCUT2D eigenvalue weighted by molar-refractivity contribution is 6.28. The lowest BCUT2D eigenvalue weighted by Gasteiger charge is -2.12. The minimum Gasteiger partial charge on any atom is -0.208 e. The standard InChI is InChI=1S/C62H38Cl2N6/c63-61-67-57(65-60(70-61)54-30-29-48-34-47(27-28-49(48)38-54)40-13-5-2-6-14-40)42-25-23-41(24-26-42)55-22-10-19-51-35-50(31-32-56(51)55)45-17-7-16-44(33-45)46-18-9-21-53(37-46)59-66-58(68-62(64)69-59)52-20-8-15-43(36-52)39-11-3-1-4-12-39/h1-38H. The Kier molecular flexibility index (Phi) is 11.2. The maximum atomic E-state index is 6.55. The Hall–Kier alpha value is -8.68. The first-order chi connectivity index (χ1) is 34.4. The van der Waals surface area contributed by atoms with E-state index in [1.54, 1.807) is 0 Å². The van der Waals surface area contributed by atoms with Gasteiger partial charge in [0.15, 0.2) is 23.3 Å². The monoisotopic (exact) mass is 936 g/mol. The van der Waals surface area contributed by atoms with Crippen LogP contribution in [0.1, 0.15) is 0 Å². The summed E-state index contributed by atoms with van der Waals surface area (Å²) in [6.45, 7) is 0. The third-order valence-corrected chi connectivity index (χ3v) is 13.0. The van der Waals surface area contributed by atoms with Crippen LogP contribution in [0.4, 0.5) is 0 Å².